The summed E-state index contributed by atoms with van der Waals surface area (Å²) in [5.74, 6) is -0.00790. The Kier molecular flexibility index (Phi) is 5.39. The van der Waals surface area contributed by atoms with E-state index in [-0.39, 0.29) is 5.75 Å². The van der Waals surface area contributed by atoms with E-state index in [1.165, 1.54) is 23.5 Å². The fourth-order valence-corrected chi connectivity index (χ4v) is 3.26. The summed E-state index contributed by atoms with van der Waals surface area (Å²) >= 11 is 10.4. The summed E-state index contributed by atoms with van der Waals surface area (Å²) < 4.78 is 29.7. The highest BCUT2D eigenvalue weighted by Gasteiger charge is 2.15. The van der Waals surface area contributed by atoms with Gasteiger partial charge in [0.25, 0.3) is 0 Å². The Labute approximate surface area is 137 Å². The van der Waals surface area contributed by atoms with Gasteiger partial charge in [0.15, 0.2) is 5.75 Å². The Morgan fingerprint density at radius 2 is 2.19 bits per heavy atom. The second-order valence-electron chi connectivity index (χ2n) is 3.87. The second-order valence-corrected chi connectivity index (χ2v) is 6.33. The molecule has 0 aliphatic rings. The number of rotatable bonds is 5. The fraction of sp³-hybridized carbons (Fsp3) is 0.154. The molecule has 3 nitrogen and oxygen atoms in total. The average molecular weight is 394 g/mol. The third-order valence-electron chi connectivity index (χ3n) is 2.44. The summed E-state index contributed by atoms with van der Waals surface area (Å²) in [5, 5.41) is 12.1. The lowest BCUT2D eigenvalue weighted by Gasteiger charge is -2.14. The van der Waals surface area contributed by atoms with Crippen molar-refractivity contribution in [2.75, 3.05) is 5.32 Å². The number of alkyl halides is 2. The maximum Gasteiger partial charge on any atom is 0.387 e. The molecule has 0 spiro atoms. The Hall–Kier alpha value is -1.36. The quantitative estimate of drug-likeness (QED) is 0.754. The molecule has 110 valence electrons. The van der Waals surface area contributed by atoms with Crippen molar-refractivity contribution in [1.82, 2.24) is 0 Å². The van der Waals surface area contributed by atoms with Crippen LogP contribution in [0.2, 0.25) is 5.02 Å². The number of hydrogen-bond acceptors (Lipinski definition) is 4. The van der Waals surface area contributed by atoms with Crippen molar-refractivity contribution in [3.05, 3.63) is 43.5 Å². The van der Waals surface area contributed by atoms with Crippen molar-refractivity contribution >= 4 is 44.6 Å². The predicted octanol–water partition coefficient (Wildman–Crippen LogP) is 5.25. The number of nitriles is 1. The normalized spacial score (nSPS) is 10.5. The molecule has 0 atom stereocenters. The minimum Gasteiger partial charge on any atom is -0.431 e. The number of halogens is 4. The number of nitrogens with zero attached hydrogens (tertiary/aromatic N) is 1. The van der Waals surface area contributed by atoms with Crippen molar-refractivity contribution in [3.63, 3.8) is 0 Å². The van der Waals surface area contributed by atoms with E-state index in [0.29, 0.717) is 26.6 Å². The van der Waals surface area contributed by atoms with Gasteiger partial charge >= 0.3 is 6.61 Å². The molecule has 0 saturated heterocycles. The third kappa shape index (κ3) is 4.30. The highest BCUT2D eigenvalue weighted by molar-refractivity contribution is 9.10. The van der Waals surface area contributed by atoms with Gasteiger partial charge in [0.1, 0.15) is 10.9 Å². The van der Waals surface area contributed by atoms with E-state index in [1.807, 2.05) is 6.07 Å². The lowest BCUT2D eigenvalue weighted by Crippen LogP contribution is -2.07. The van der Waals surface area contributed by atoms with Gasteiger partial charge in [0.05, 0.1) is 10.2 Å². The lowest BCUT2D eigenvalue weighted by atomic mass is 10.3. The molecule has 0 saturated carbocycles. The summed E-state index contributed by atoms with van der Waals surface area (Å²) in [7, 11) is 0. The van der Waals surface area contributed by atoms with Crippen LogP contribution in [0.15, 0.2) is 28.7 Å². The maximum atomic E-state index is 12.5. The molecule has 0 fully saturated rings. The number of thiophene rings is 1. The molecular formula is C13H8BrClF2N2OS. The van der Waals surface area contributed by atoms with Gasteiger partial charge in [-0.2, -0.15) is 14.0 Å². The Morgan fingerprint density at radius 1 is 1.43 bits per heavy atom. The SMILES string of the molecule is N#Cc1ccc(CNc2cc(Cl)cc(Br)c2OC(F)F)s1. The van der Waals surface area contributed by atoms with Crippen molar-refractivity contribution < 1.29 is 13.5 Å². The van der Waals surface area contributed by atoms with Gasteiger partial charge < -0.3 is 10.1 Å². The predicted molar refractivity (Wildman–Crippen MR) is 82.1 cm³/mol. The molecule has 0 bridgehead atoms. The molecule has 0 amide bonds. The number of hydrogen-bond donors (Lipinski definition) is 1. The molecule has 2 rings (SSSR count). The topological polar surface area (TPSA) is 45.0 Å². The minimum absolute atomic E-state index is 0.00790. The van der Waals surface area contributed by atoms with Crippen LogP contribution in [-0.4, -0.2) is 6.61 Å². The summed E-state index contributed by atoms with van der Waals surface area (Å²) in [5.41, 5.74) is 0.349. The number of ether oxygens (including phenoxy) is 1. The second kappa shape index (κ2) is 7.07. The first-order chi connectivity index (χ1) is 9.99. The van der Waals surface area contributed by atoms with Gasteiger partial charge in [-0.05, 0) is 40.2 Å². The molecule has 0 aliphatic carbocycles. The van der Waals surface area contributed by atoms with Gasteiger partial charge in [-0.3, -0.25) is 0 Å². The molecule has 21 heavy (non-hydrogen) atoms. The van der Waals surface area contributed by atoms with Gasteiger partial charge in [0, 0.05) is 16.4 Å². The first kappa shape index (κ1) is 16.0. The first-order valence-corrected chi connectivity index (χ1v) is 7.65. The van der Waals surface area contributed by atoms with Crippen molar-refractivity contribution in [2.24, 2.45) is 0 Å². The van der Waals surface area contributed by atoms with E-state index in [1.54, 1.807) is 12.1 Å². The van der Waals surface area contributed by atoms with E-state index >= 15 is 0 Å². The zero-order chi connectivity index (χ0) is 15.4. The summed E-state index contributed by atoms with van der Waals surface area (Å²) in [6.45, 7) is -2.56. The summed E-state index contributed by atoms with van der Waals surface area (Å²) in [6.07, 6.45) is 0. The summed E-state index contributed by atoms with van der Waals surface area (Å²) in [4.78, 5) is 1.48. The van der Waals surface area contributed by atoms with Crippen LogP contribution >= 0.6 is 38.9 Å². The average Bonchev–Trinajstić information content (AvgIpc) is 2.87. The molecule has 1 heterocycles. The van der Waals surface area contributed by atoms with E-state index in [2.05, 4.69) is 26.0 Å². The Morgan fingerprint density at radius 3 is 2.81 bits per heavy atom. The van der Waals surface area contributed by atoms with Crippen LogP contribution < -0.4 is 10.1 Å². The molecule has 1 aromatic heterocycles. The van der Waals surface area contributed by atoms with Crippen LogP contribution in [0.5, 0.6) is 5.75 Å². The zero-order valence-electron chi connectivity index (χ0n) is 10.4. The largest absolute Gasteiger partial charge is 0.431 e. The smallest absolute Gasteiger partial charge is 0.387 e. The van der Waals surface area contributed by atoms with Crippen molar-refractivity contribution in [1.29, 1.82) is 5.26 Å². The Bertz CT molecular complexity index is 687. The maximum absolute atomic E-state index is 12.5. The number of nitrogens with one attached hydrogen (secondary N) is 1. The van der Waals surface area contributed by atoms with E-state index in [9.17, 15) is 8.78 Å². The number of anilines is 1. The van der Waals surface area contributed by atoms with Crippen LogP contribution in [0.1, 0.15) is 9.75 Å². The van der Waals surface area contributed by atoms with Gasteiger partial charge in [-0.15, -0.1) is 11.3 Å². The van der Waals surface area contributed by atoms with Gasteiger partial charge in [-0.25, -0.2) is 0 Å². The van der Waals surface area contributed by atoms with Crippen LogP contribution in [0.4, 0.5) is 14.5 Å². The fourth-order valence-electron chi connectivity index (χ4n) is 1.62. The van der Waals surface area contributed by atoms with Crippen molar-refractivity contribution in [3.8, 4) is 11.8 Å². The lowest BCUT2D eigenvalue weighted by molar-refractivity contribution is -0.0498. The molecule has 8 heteroatoms. The standard InChI is InChI=1S/C13H8BrClF2N2OS/c14-10-3-7(15)4-11(12(10)20-13(16)17)19-6-9-2-1-8(5-18)21-9/h1-4,13,19H,6H2. The van der Waals surface area contributed by atoms with Gasteiger partial charge in [-0.1, -0.05) is 11.6 Å². The monoisotopic (exact) mass is 392 g/mol. The highest BCUT2D eigenvalue weighted by Crippen LogP contribution is 2.38. The molecular weight excluding hydrogens is 386 g/mol. The van der Waals surface area contributed by atoms with Crippen LogP contribution in [0, 0.1) is 11.3 Å². The molecule has 1 N–H and O–H groups in total. The van der Waals surface area contributed by atoms with E-state index in [4.69, 9.17) is 16.9 Å². The zero-order valence-corrected chi connectivity index (χ0v) is 13.5. The van der Waals surface area contributed by atoms with Crippen LogP contribution in [-0.2, 0) is 6.54 Å². The van der Waals surface area contributed by atoms with E-state index in [0.717, 1.165) is 4.88 Å². The van der Waals surface area contributed by atoms with Crippen LogP contribution in [0.3, 0.4) is 0 Å². The highest BCUT2D eigenvalue weighted by atomic mass is 79.9. The summed E-state index contributed by atoms with van der Waals surface area (Å²) in [6, 6.07) is 8.51. The molecule has 0 radical (unpaired) electrons. The van der Waals surface area contributed by atoms with Crippen molar-refractivity contribution in [2.45, 2.75) is 13.2 Å². The van der Waals surface area contributed by atoms with E-state index < -0.39 is 6.61 Å². The molecule has 0 aliphatic heterocycles. The minimum atomic E-state index is -2.94. The molecule has 1 aromatic carbocycles. The van der Waals surface area contributed by atoms with Crippen LogP contribution in [0.25, 0.3) is 0 Å². The Balaban J connectivity index is 2.20. The molecule has 2 aromatic rings. The van der Waals surface area contributed by atoms with Gasteiger partial charge in [0.2, 0.25) is 0 Å². The first-order valence-electron chi connectivity index (χ1n) is 5.66. The molecule has 0 unspecified atom stereocenters. The number of benzene rings is 1. The third-order valence-corrected chi connectivity index (χ3v) is 4.24.